The van der Waals surface area contributed by atoms with E-state index in [-0.39, 0.29) is 11.7 Å². The predicted octanol–water partition coefficient (Wildman–Crippen LogP) is 7.82. The van der Waals surface area contributed by atoms with Crippen LogP contribution in [0, 0.1) is 6.92 Å². The van der Waals surface area contributed by atoms with Crippen molar-refractivity contribution >= 4 is 52.4 Å². The number of aromatic nitrogens is 3. The molecule has 6 rings (SSSR count). The Hall–Kier alpha value is -3.52. The molecule has 4 aromatic carbocycles. The fraction of sp³-hybridized carbons (Fsp3) is 0.0690. The van der Waals surface area contributed by atoms with Crippen molar-refractivity contribution in [2.75, 3.05) is 10.7 Å². The average molecular weight is 541 g/mol. The summed E-state index contributed by atoms with van der Waals surface area (Å²) in [5.74, 6) is 0.891. The van der Waals surface area contributed by atoms with E-state index in [4.69, 9.17) is 11.6 Å². The molecule has 0 N–H and O–H groups in total. The average Bonchev–Trinajstić information content (AvgIpc) is 3.35. The summed E-state index contributed by atoms with van der Waals surface area (Å²) in [6, 6.07) is 31.7. The van der Waals surface area contributed by atoms with Gasteiger partial charge in [-0.2, -0.15) is 0 Å². The summed E-state index contributed by atoms with van der Waals surface area (Å²) >= 11 is 9.22. The zero-order chi connectivity index (χ0) is 25.4. The van der Waals surface area contributed by atoms with Crippen LogP contribution in [-0.4, -0.2) is 26.4 Å². The number of anilines is 2. The minimum atomic E-state index is -0.0206. The maximum Gasteiger partial charge on any atom is 0.242 e. The highest BCUT2D eigenvalue weighted by Crippen LogP contribution is 2.48. The second-order valence-electron chi connectivity index (χ2n) is 8.54. The number of amides is 1. The molecule has 0 unspecified atom stereocenters. The predicted molar refractivity (Wildman–Crippen MR) is 151 cm³/mol. The lowest BCUT2D eigenvalue weighted by Crippen LogP contribution is -2.30. The van der Waals surface area contributed by atoms with Gasteiger partial charge in [0.25, 0.3) is 0 Å². The highest BCUT2D eigenvalue weighted by Gasteiger charge is 2.28. The number of para-hydroxylation sites is 2. The first-order valence-corrected chi connectivity index (χ1v) is 13.9. The Labute approximate surface area is 228 Å². The summed E-state index contributed by atoms with van der Waals surface area (Å²) in [4.78, 5) is 17.7. The van der Waals surface area contributed by atoms with Crippen molar-refractivity contribution in [1.82, 2.24) is 14.8 Å². The molecule has 1 amide bonds. The van der Waals surface area contributed by atoms with Gasteiger partial charge in [-0.1, -0.05) is 89.2 Å². The first-order valence-electron chi connectivity index (χ1n) is 11.7. The molecule has 5 nitrogen and oxygen atoms in total. The molecule has 0 saturated heterocycles. The molecule has 0 radical (unpaired) electrons. The number of aryl methyl sites for hydroxylation is 1. The van der Waals surface area contributed by atoms with E-state index in [0.29, 0.717) is 16.0 Å². The van der Waals surface area contributed by atoms with Crippen LogP contribution >= 0.6 is 35.1 Å². The van der Waals surface area contributed by atoms with Crippen molar-refractivity contribution in [3.8, 4) is 17.1 Å². The van der Waals surface area contributed by atoms with Gasteiger partial charge in [0.15, 0.2) is 11.0 Å². The molecular weight excluding hydrogens is 520 g/mol. The highest BCUT2D eigenvalue weighted by molar-refractivity contribution is 8.00. The maximum absolute atomic E-state index is 13.7. The van der Waals surface area contributed by atoms with Gasteiger partial charge in [0.2, 0.25) is 5.91 Å². The first-order chi connectivity index (χ1) is 18.1. The summed E-state index contributed by atoms with van der Waals surface area (Å²) in [6.07, 6.45) is 0. The lowest BCUT2D eigenvalue weighted by atomic mass is 10.1. The molecule has 182 valence electrons. The monoisotopic (exact) mass is 540 g/mol. The van der Waals surface area contributed by atoms with Crippen LogP contribution in [0.25, 0.3) is 17.1 Å². The molecule has 0 fully saturated rings. The number of hydrogen-bond acceptors (Lipinski definition) is 5. The number of halogens is 1. The third kappa shape index (κ3) is 4.66. The molecule has 8 heteroatoms. The third-order valence-electron chi connectivity index (χ3n) is 6.03. The SMILES string of the molecule is Cc1ccc(-c2nnc(SCC(=O)N3c4ccccc4Sc4ccccc43)n2-c2ccc(Cl)cc2)cc1. The first kappa shape index (κ1) is 23.9. The fourth-order valence-electron chi connectivity index (χ4n) is 4.24. The van der Waals surface area contributed by atoms with Gasteiger partial charge < -0.3 is 0 Å². The Bertz CT molecular complexity index is 1550. The van der Waals surface area contributed by atoms with Gasteiger partial charge in [-0.05, 0) is 55.5 Å². The van der Waals surface area contributed by atoms with Gasteiger partial charge in [0.1, 0.15) is 0 Å². The molecular formula is C29H21ClN4OS2. The van der Waals surface area contributed by atoms with Gasteiger partial charge in [-0.25, -0.2) is 0 Å². The Morgan fingerprint density at radius 1 is 0.838 bits per heavy atom. The van der Waals surface area contributed by atoms with E-state index >= 15 is 0 Å². The molecule has 0 atom stereocenters. The van der Waals surface area contributed by atoms with Crippen LogP contribution < -0.4 is 4.90 Å². The molecule has 1 aliphatic rings. The molecule has 0 saturated carbocycles. The van der Waals surface area contributed by atoms with E-state index in [2.05, 4.69) is 29.3 Å². The number of fused-ring (bicyclic) bond motifs is 2. The highest BCUT2D eigenvalue weighted by atomic mass is 35.5. The maximum atomic E-state index is 13.7. The molecule has 2 heterocycles. The van der Waals surface area contributed by atoms with Crippen molar-refractivity contribution in [3.05, 3.63) is 108 Å². The van der Waals surface area contributed by atoms with Crippen LogP contribution in [0.1, 0.15) is 5.56 Å². The second kappa shape index (κ2) is 10.1. The summed E-state index contributed by atoms with van der Waals surface area (Å²) in [6.45, 7) is 2.05. The molecule has 1 aliphatic heterocycles. The molecule has 0 spiro atoms. The fourth-order valence-corrected chi connectivity index (χ4v) is 6.23. The summed E-state index contributed by atoms with van der Waals surface area (Å²) in [5, 5.41) is 10.3. The van der Waals surface area contributed by atoms with Crippen molar-refractivity contribution in [1.29, 1.82) is 0 Å². The zero-order valence-corrected chi connectivity index (χ0v) is 22.2. The van der Waals surface area contributed by atoms with Crippen LogP contribution in [0.4, 0.5) is 11.4 Å². The minimum Gasteiger partial charge on any atom is -0.278 e. The number of rotatable bonds is 5. The second-order valence-corrected chi connectivity index (χ2v) is 11.0. The van der Waals surface area contributed by atoms with Crippen molar-refractivity contribution in [2.24, 2.45) is 0 Å². The number of nitrogens with zero attached hydrogens (tertiary/aromatic N) is 4. The summed E-state index contributed by atoms with van der Waals surface area (Å²) in [7, 11) is 0. The van der Waals surface area contributed by atoms with Crippen molar-refractivity contribution < 1.29 is 4.79 Å². The van der Waals surface area contributed by atoms with Gasteiger partial charge in [-0.15, -0.1) is 10.2 Å². The molecule has 5 aromatic rings. The zero-order valence-electron chi connectivity index (χ0n) is 19.8. The Morgan fingerprint density at radius 2 is 1.46 bits per heavy atom. The van der Waals surface area contributed by atoms with Crippen LogP contribution in [0.2, 0.25) is 5.02 Å². The molecule has 0 aliphatic carbocycles. The Morgan fingerprint density at radius 3 is 2.11 bits per heavy atom. The van der Waals surface area contributed by atoms with Crippen molar-refractivity contribution in [2.45, 2.75) is 21.9 Å². The molecule has 37 heavy (non-hydrogen) atoms. The quantitative estimate of drug-likeness (QED) is 0.213. The Kier molecular flexibility index (Phi) is 6.50. The van der Waals surface area contributed by atoms with Gasteiger partial charge in [-0.3, -0.25) is 14.3 Å². The topological polar surface area (TPSA) is 51.0 Å². The number of carbonyl (C=O) groups is 1. The van der Waals surface area contributed by atoms with E-state index in [1.165, 1.54) is 17.3 Å². The van der Waals surface area contributed by atoms with Crippen molar-refractivity contribution in [3.63, 3.8) is 0 Å². The van der Waals surface area contributed by atoms with Crippen LogP contribution in [0.5, 0.6) is 0 Å². The number of thioether (sulfide) groups is 1. The minimum absolute atomic E-state index is 0.0206. The largest absolute Gasteiger partial charge is 0.278 e. The van der Waals surface area contributed by atoms with E-state index in [0.717, 1.165) is 32.4 Å². The van der Waals surface area contributed by atoms with Gasteiger partial charge in [0.05, 0.1) is 17.1 Å². The van der Waals surface area contributed by atoms with E-state index in [9.17, 15) is 4.79 Å². The summed E-state index contributed by atoms with van der Waals surface area (Å²) in [5.41, 5.74) is 4.79. The number of hydrogen-bond donors (Lipinski definition) is 0. The molecule has 0 bridgehead atoms. The lowest BCUT2D eigenvalue weighted by Gasteiger charge is -2.30. The van der Waals surface area contributed by atoms with Gasteiger partial charge >= 0.3 is 0 Å². The standard InChI is InChI=1S/C29H21ClN4OS2/c1-19-10-12-20(13-11-19)28-31-32-29(33(28)22-16-14-21(30)15-17-22)36-18-27(35)34-23-6-2-4-8-25(23)37-26-9-5-3-7-24(26)34/h2-17H,18H2,1H3. The van der Waals surface area contributed by atoms with Crippen LogP contribution in [0.3, 0.4) is 0 Å². The van der Waals surface area contributed by atoms with Gasteiger partial charge in [0, 0.05) is 26.1 Å². The van der Waals surface area contributed by atoms with Crippen LogP contribution in [0.15, 0.2) is 112 Å². The van der Waals surface area contributed by atoms with Crippen LogP contribution in [-0.2, 0) is 4.79 Å². The van der Waals surface area contributed by atoms with E-state index in [1.54, 1.807) is 11.8 Å². The lowest BCUT2D eigenvalue weighted by molar-refractivity contribution is -0.115. The summed E-state index contributed by atoms with van der Waals surface area (Å²) < 4.78 is 1.98. The van der Waals surface area contributed by atoms with E-state index < -0.39 is 0 Å². The number of carbonyl (C=O) groups excluding carboxylic acids is 1. The third-order valence-corrected chi connectivity index (χ3v) is 8.33. The van der Waals surface area contributed by atoms with E-state index in [1.807, 2.05) is 94.4 Å². The number of benzene rings is 4. The molecule has 1 aromatic heterocycles. The normalized spacial score (nSPS) is 12.2. The smallest absolute Gasteiger partial charge is 0.242 e. The Balaban J connectivity index is 1.35.